The van der Waals surface area contributed by atoms with E-state index in [1.807, 2.05) is 0 Å². The molecule has 0 aliphatic carbocycles. The van der Waals surface area contributed by atoms with Gasteiger partial charge in [-0.2, -0.15) is 13.2 Å². The third-order valence-electron chi connectivity index (χ3n) is 3.84. The van der Waals surface area contributed by atoms with E-state index in [1.54, 1.807) is 0 Å². The SMILES string of the molecule is CS(=O)(=O)c1cc(F)c(-c2csc(=O)n2-c2ccc(C(F)(F)F)cc2)cc1F. The van der Waals surface area contributed by atoms with Gasteiger partial charge in [-0.1, -0.05) is 11.3 Å². The van der Waals surface area contributed by atoms with Gasteiger partial charge in [0.1, 0.15) is 16.5 Å². The number of aromatic nitrogens is 1. The maximum Gasteiger partial charge on any atom is 0.416 e. The second-order valence-corrected chi connectivity index (χ2v) is 8.61. The van der Waals surface area contributed by atoms with Gasteiger partial charge in [-0.25, -0.2) is 17.2 Å². The molecule has 0 saturated carbocycles. The van der Waals surface area contributed by atoms with E-state index in [0.29, 0.717) is 29.7 Å². The van der Waals surface area contributed by atoms with Gasteiger partial charge in [0.15, 0.2) is 9.84 Å². The van der Waals surface area contributed by atoms with Gasteiger partial charge in [0.25, 0.3) is 0 Å². The van der Waals surface area contributed by atoms with Crippen LogP contribution in [-0.4, -0.2) is 19.2 Å². The summed E-state index contributed by atoms with van der Waals surface area (Å²) in [6.45, 7) is 0. The molecular weight excluding hydrogens is 425 g/mol. The van der Waals surface area contributed by atoms with Gasteiger partial charge in [-0.3, -0.25) is 9.36 Å². The lowest BCUT2D eigenvalue weighted by Gasteiger charge is -2.12. The normalized spacial score (nSPS) is 12.4. The van der Waals surface area contributed by atoms with E-state index in [2.05, 4.69) is 0 Å². The summed E-state index contributed by atoms with van der Waals surface area (Å²) in [7, 11) is -4.02. The first-order valence-electron chi connectivity index (χ1n) is 7.47. The van der Waals surface area contributed by atoms with Crippen molar-refractivity contribution in [2.24, 2.45) is 0 Å². The van der Waals surface area contributed by atoms with Crippen molar-refractivity contribution in [3.8, 4) is 16.9 Å². The number of halogens is 5. The maximum atomic E-state index is 14.5. The van der Waals surface area contributed by atoms with E-state index in [4.69, 9.17) is 0 Å². The quantitative estimate of drug-likeness (QED) is 0.578. The second kappa shape index (κ2) is 6.82. The van der Waals surface area contributed by atoms with Crippen molar-refractivity contribution in [1.82, 2.24) is 4.57 Å². The minimum atomic E-state index is -4.57. The Labute approximate surface area is 159 Å². The Hall–Kier alpha value is -2.53. The van der Waals surface area contributed by atoms with Gasteiger partial charge in [-0.15, -0.1) is 0 Å². The first-order valence-corrected chi connectivity index (χ1v) is 10.2. The average molecular weight is 435 g/mol. The number of nitrogens with zero attached hydrogens (tertiary/aromatic N) is 1. The highest BCUT2D eigenvalue weighted by molar-refractivity contribution is 7.90. The average Bonchev–Trinajstić information content (AvgIpc) is 2.96. The Morgan fingerprint density at radius 2 is 1.61 bits per heavy atom. The molecule has 2 aromatic carbocycles. The van der Waals surface area contributed by atoms with Gasteiger partial charge in [-0.05, 0) is 36.4 Å². The minimum absolute atomic E-state index is 0.0150. The van der Waals surface area contributed by atoms with E-state index in [9.17, 15) is 35.2 Å². The van der Waals surface area contributed by atoms with Gasteiger partial charge in [0, 0.05) is 17.2 Å². The smallest absolute Gasteiger partial charge is 0.267 e. The lowest BCUT2D eigenvalue weighted by atomic mass is 10.1. The summed E-state index contributed by atoms with van der Waals surface area (Å²) in [6, 6.07) is 4.70. The van der Waals surface area contributed by atoms with Crippen molar-refractivity contribution in [2.45, 2.75) is 11.1 Å². The lowest BCUT2D eigenvalue weighted by molar-refractivity contribution is -0.137. The highest BCUT2D eigenvalue weighted by Gasteiger charge is 2.30. The zero-order valence-electron chi connectivity index (χ0n) is 13.9. The van der Waals surface area contributed by atoms with Gasteiger partial charge < -0.3 is 0 Å². The topological polar surface area (TPSA) is 56.1 Å². The lowest BCUT2D eigenvalue weighted by Crippen LogP contribution is -2.13. The summed E-state index contributed by atoms with van der Waals surface area (Å²) in [5, 5.41) is 1.21. The van der Waals surface area contributed by atoms with Crippen molar-refractivity contribution in [3.63, 3.8) is 0 Å². The molecule has 28 heavy (non-hydrogen) atoms. The monoisotopic (exact) mass is 435 g/mol. The van der Waals surface area contributed by atoms with Crippen LogP contribution < -0.4 is 4.87 Å². The number of rotatable bonds is 3. The highest BCUT2D eigenvalue weighted by atomic mass is 32.2. The molecule has 0 N–H and O–H groups in total. The van der Waals surface area contributed by atoms with Crippen molar-refractivity contribution >= 4 is 21.2 Å². The number of alkyl halides is 3. The zero-order valence-corrected chi connectivity index (χ0v) is 15.6. The van der Waals surface area contributed by atoms with Crippen molar-refractivity contribution in [3.05, 3.63) is 68.6 Å². The molecule has 0 atom stereocenters. The summed E-state index contributed by atoms with van der Waals surface area (Å²) in [6.07, 6.45) is -3.86. The van der Waals surface area contributed by atoms with Gasteiger partial charge in [0.05, 0.1) is 16.9 Å². The summed E-state index contributed by atoms with van der Waals surface area (Å²) >= 11 is 0.633. The minimum Gasteiger partial charge on any atom is -0.267 e. The van der Waals surface area contributed by atoms with E-state index in [-0.39, 0.29) is 11.4 Å². The molecule has 0 radical (unpaired) electrons. The molecule has 3 rings (SSSR count). The predicted molar refractivity (Wildman–Crippen MR) is 93.4 cm³/mol. The maximum absolute atomic E-state index is 14.5. The van der Waals surface area contributed by atoms with Crippen LogP contribution in [0.4, 0.5) is 22.0 Å². The molecule has 1 aromatic heterocycles. The van der Waals surface area contributed by atoms with E-state index >= 15 is 0 Å². The number of hydrogen-bond acceptors (Lipinski definition) is 4. The Bertz CT molecular complexity index is 1210. The third-order valence-corrected chi connectivity index (χ3v) is 5.68. The fourth-order valence-corrected chi connectivity index (χ4v) is 4.03. The van der Waals surface area contributed by atoms with Crippen LogP contribution >= 0.6 is 11.3 Å². The van der Waals surface area contributed by atoms with E-state index in [0.717, 1.165) is 28.8 Å². The zero-order chi connectivity index (χ0) is 20.9. The Balaban J connectivity index is 2.17. The predicted octanol–water partition coefficient (Wildman–Crippen LogP) is 4.27. The number of hydrogen-bond donors (Lipinski definition) is 0. The molecule has 3 aromatic rings. The molecule has 0 fully saturated rings. The fourth-order valence-electron chi connectivity index (χ4n) is 2.55. The van der Waals surface area contributed by atoms with Crippen molar-refractivity contribution in [2.75, 3.05) is 6.26 Å². The molecular formula is C17H10F5NO3S2. The summed E-state index contributed by atoms with van der Waals surface area (Å²) in [5.41, 5.74) is -1.44. The van der Waals surface area contributed by atoms with E-state index in [1.165, 1.54) is 5.38 Å². The molecule has 0 aliphatic rings. The standard InChI is InChI=1S/C17H10F5NO3S2/c1-28(25,26)15-7-12(18)11(6-13(15)19)14-8-27-16(24)23(14)10-4-2-9(3-5-10)17(20,21)22/h2-8H,1H3. The first-order chi connectivity index (χ1) is 12.9. The summed E-state index contributed by atoms with van der Waals surface area (Å²) < 4.78 is 90.7. The molecule has 1 heterocycles. The van der Waals surface area contributed by atoms with Crippen LogP contribution in [-0.2, 0) is 16.0 Å². The number of sulfone groups is 1. The van der Waals surface area contributed by atoms with Crippen LogP contribution in [0.1, 0.15) is 5.56 Å². The molecule has 0 bridgehead atoms. The molecule has 0 saturated heterocycles. The molecule has 4 nitrogen and oxygen atoms in total. The third kappa shape index (κ3) is 3.72. The van der Waals surface area contributed by atoms with Crippen LogP contribution in [0.2, 0.25) is 0 Å². The second-order valence-electron chi connectivity index (χ2n) is 5.80. The number of benzene rings is 2. The van der Waals surface area contributed by atoms with Gasteiger partial charge >= 0.3 is 11.0 Å². The van der Waals surface area contributed by atoms with Crippen molar-refractivity contribution < 1.29 is 30.4 Å². The molecule has 0 aliphatic heterocycles. The molecule has 0 spiro atoms. The van der Waals surface area contributed by atoms with Crippen LogP contribution in [0.25, 0.3) is 16.9 Å². The van der Waals surface area contributed by atoms with Crippen molar-refractivity contribution in [1.29, 1.82) is 0 Å². The molecule has 11 heteroatoms. The Kier molecular flexibility index (Phi) is 4.92. The molecule has 148 valence electrons. The van der Waals surface area contributed by atoms with Crippen LogP contribution in [0.15, 0.2) is 51.5 Å². The van der Waals surface area contributed by atoms with Crippen LogP contribution in [0, 0.1) is 11.6 Å². The molecule has 0 amide bonds. The Morgan fingerprint density at radius 3 is 2.14 bits per heavy atom. The first kappa shape index (κ1) is 20.2. The van der Waals surface area contributed by atoms with Crippen LogP contribution in [0.3, 0.4) is 0 Å². The van der Waals surface area contributed by atoms with E-state index < -0.39 is 48.5 Å². The highest BCUT2D eigenvalue weighted by Crippen LogP contribution is 2.32. The molecule has 0 unspecified atom stereocenters. The summed E-state index contributed by atoms with van der Waals surface area (Å²) in [5.74, 6) is -2.31. The number of thiazole rings is 1. The van der Waals surface area contributed by atoms with Gasteiger partial charge in [0.2, 0.25) is 0 Å². The Morgan fingerprint density at radius 1 is 1.00 bits per heavy atom. The van der Waals surface area contributed by atoms with Crippen LogP contribution in [0.5, 0.6) is 0 Å². The summed E-state index contributed by atoms with van der Waals surface area (Å²) in [4.78, 5) is 10.7. The fraction of sp³-hybridized carbons (Fsp3) is 0.118. The largest absolute Gasteiger partial charge is 0.416 e.